The number of aromatic nitrogens is 5. The van der Waals surface area contributed by atoms with Gasteiger partial charge in [0.2, 0.25) is 0 Å². The smallest absolute Gasteiger partial charge is 0.390 e. The quantitative estimate of drug-likeness (QED) is 0.0787. The molecule has 0 aromatic carbocycles. The van der Waals surface area contributed by atoms with Crippen LogP contribution in [0.15, 0.2) is 37.2 Å². The van der Waals surface area contributed by atoms with E-state index in [1.807, 2.05) is 0 Å². The first-order valence-corrected chi connectivity index (χ1v) is 15.9. The van der Waals surface area contributed by atoms with Gasteiger partial charge in [-0.3, -0.25) is 18.4 Å². The number of imidazole rings is 1. The summed E-state index contributed by atoms with van der Waals surface area (Å²) in [7, 11) is -10.6. The van der Waals surface area contributed by atoms with E-state index in [0.717, 1.165) is 6.33 Å². The topological polar surface area (TPSA) is 309 Å². The molecule has 0 bridgehead atoms. The van der Waals surface area contributed by atoms with Gasteiger partial charge in [-0.05, 0) is 6.07 Å². The van der Waals surface area contributed by atoms with Crippen LogP contribution in [0, 0.1) is 5.92 Å². The Morgan fingerprint density at radius 3 is 2.45 bits per heavy atom. The highest BCUT2D eigenvalue weighted by Crippen LogP contribution is 2.61. The van der Waals surface area contributed by atoms with E-state index >= 15 is 0 Å². The number of nitrogens with zero attached hydrogens (tertiary/aromatic N) is 5. The first-order valence-electron chi connectivity index (χ1n) is 12.9. The van der Waals surface area contributed by atoms with Crippen molar-refractivity contribution in [2.45, 2.75) is 49.2 Å². The molecule has 9 unspecified atom stereocenters. The fourth-order valence-electron chi connectivity index (χ4n) is 5.09. The van der Waals surface area contributed by atoms with Gasteiger partial charge in [0.25, 0.3) is 5.91 Å². The van der Waals surface area contributed by atoms with Crippen LogP contribution in [0.3, 0.4) is 0 Å². The summed E-state index contributed by atoms with van der Waals surface area (Å²) < 4.78 is 47.1. The number of carbonyl (C=O) groups excluding carboxylic acids is 1. The van der Waals surface area contributed by atoms with Crippen LogP contribution >= 0.6 is 15.6 Å². The summed E-state index contributed by atoms with van der Waals surface area (Å²) in [6.45, 7) is -1.55. The zero-order chi connectivity index (χ0) is 32.0. The van der Waals surface area contributed by atoms with Crippen molar-refractivity contribution in [3.8, 4) is 0 Å². The summed E-state index contributed by atoms with van der Waals surface area (Å²) in [4.78, 5) is 43.5. The van der Waals surface area contributed by atoms with Gasteiger partial charge in [-0.1, -0.05) is 0 Å². The third-order valence-electron chi connectivity index (χ3n) is 7.32. The molecule has 0 spiro atoms. The molecular weight excluding hydrogens is 632 g/mol. The van der Waals surface area contributed by atoms with Crippen molar-refractivity contribution in [2.24, 2.45) is 11.7 Å². The lowest BCUT2D eigenvalue weighted by atomic mass is 10.1. The number of primary amides is 1. The molecule has 5 rings (SSSR count). The molecule has 22 heteroatoms. The van der Waals surface area contributed by atoms with E-state index in [2.05, 4.69) is 19.3 Å². The predicted octanol–water partition coefficient (Wildman–Crippen LogP) is -2.35. The zero-order valence-electron chi connectivity index (χ0n) is 22.5. The average Bonchev–Trinajstić information content (AvgIpc) is 3.61. The van der Waals surface area contributed by atoms with Crippen molar-refractivity contribution in [3.05, 3.63) is 42.7 Å². The molecule has 44 heavy (non-hydrogen) atoms. The van der Waals surface area contributed by atoms with Crippen molar-refractivity contribution in [2.75, 3.05) is 18.9 Å². The number of aliphatic hydroxyl groups excluding tert-OH is 4. The van der Waals surface area contributed by atoms with Gasteiger partial charge < -0.3 is 46.4 Å². The van der Waals surface area contributed by atoms with E-state index in [1.165, 1.54) is 40.0 Å². The molecule has 1 amide bonds. The number of hydrogen-bond donors (Lipinski definition) is 8. The lowest BCUT2D eigenvalue weighted by Crippen LogP contribution is -2.45. The molecule has 10 atom stereocenters. The maximum absolute atomic E-state index is 12.5. The Labute approximate surface area is 247 Å². The summed E-state index contributed by atoms with van der Waals surface area (Å²) in [6, 6.07) is 2.21. The summed E-state index contributed by atoms with van der Waals surface area (Å²) in [6.07, 6.45) is -3.36. The third-order valence-corrected chi connectivity index (χ3v) is 9.92. The predicted molar refractivity (Wildman–Crippen MR) is 143 cm³/mol. The third kappa shape index (κ3) is 6.66. The van der Waals surface area contributed by atoms with Gasteiger partial charge >= 0.3 is 15.6 Å². The highest BCUT2D eigenvalue weighted by atomic mass is 31.3. The Hall–Kier alpha value is -2.97. The molecule has 2 aliphatic rings. The van der Waals surface area contributed by atoms with Gasteiger partial charge in [-0.15, -0.1) is 0 Å². The number of pyridine rings is 1. The molecule has 3 aromatic heterocycles. The molecular formula is C22H30N7O13P2+. The van der Waals surface area contributed by atoms with E-state index in [4.69, 9.17) is 25.3 Å². The molecule has 240 valence electrons. The molecule has 4 heterocycles. The van der Waals surface area contributed by atoms with Gasteiger partial charge in [-0.2, -0.15) is 8.88 Å². The fourth-order valence-corrected chi connectivity index (χ4v) is 7.23. The molecule has 20 nitrogen and oxygen atoms in total. The highest BCUT2D eigenvalue weighted by molar-refractivity contribution is 7.61. The number of hydrogen-bond acceptors (Lipinski definition) is 15. The lowest BCUT2D eigenvalue weighted by molar-refractivity contribution is -0.728. The van der Waals surface area contributed by atoms with Gasteiger partial charge in [-0.25, -0.2) is 24.1 Å². The summed E-state index contributed by atoms with van der Waals surface area (Å²) in [5.41, 5.74) is 11.6. The van der Waals surface area contributed by atoms with Crippen LogP contribution in [0.4, 0.5) is 5.82 Å². The van der Waals surface area contributed by atoms with Crippen molar-refractivity contribution in [1.82, 2.24) is 19.5 Å². The highest BCUT2D eigenvalue weighted by Gasteiger charge is 2.49. The number of nitrogens with two attached hydrogens (primary N) is 2. The average molecular weight is 662 g/mol. The van der Waals surface area contributed by atoms with E-state index in [0.29, 0.717) is 0 Å². The van der Waals surface area contributed by atoms with Crippen LogP contribution in [0.2, 0.25) is 0 Å². The van der Waals surface area contributed by atoms with Crippen LogP contribution in [0.1, 0.15) is 29.0 Å². The fraction of sp³-hybridized carbons (Fsp3) is 0.500. The van der Waals surface area contributed by atoms with Gasteiger partial charge in [0.05, 0.1) is 25.6 Å². The molecule has 2 fully saturated rings. The number of rotatable bonds is 11. The number of ether oxygens (including phenoxy) is 1. The van der Waals surface area contributed by atoms with Crippen molar-refractivity contribution in [3.63, 3.8) is 0 Å². The normalized spacial score (nSPS) is 31.6. The maximum Gasteiger partial charge on any atom is 0.481 e. The number of aliphatic hydroxyl groups is 4. The van der Waals surface area contributed by atoms with Crippen molar-refractivity contribution >= 4 is 38.5 Å². The molecule has 1 saturated carbocycles. The second-order valence-electron chi connectivity index (χ2n) is 10.2. The number of fused-ring (bicyclic) bond motifs is 1. The molecule has 1 saturated heterocycles. The van der Waals surface area contributed by atoms with Crippen LogP contribution < -0.4 is 16.0 Å². The largest absolute Gasteiger partial charge is 0.481 e. The number of amides is 1. The molecule has 1 aliphatic carbocycles. The number of nitrogen functional groups attached to an aromatic ring is 1. The minimum absolute atomic E-state index is 0.0216. The van der Waals surface area contributed by atoms with Crippen molar-refractivity contribution in [1.29, 1.82) is 0 Å². The Balaban J connectivity index is 1.16. The minimum Gasteiger partial charge on any atom is -0.390 e. The Morgan fingerprint density at radius 2 is 1.75 bits per heavy atom. The van der Waals surface area contributed by atoms with Gasteiger partial charge in [0, 0.05) is 18.4 Å². The standard InChI is InChI=1S/C22H29N7O13P2/c23-19-14-21(26-8-25-19)29(9-27-14)22-18(33)17(32)13(41-22)7-40-44(37,38)42-43(35,36)39-6-11-4-12(16(31)15(11)30)28-3-1-2-10(5-28)20(24)34/h1-3,5,8-9,11-13,15-18,22,30-33H,4,6-7H2,(H5-,23,24,25,26,34,35,36,37,38)/p+1/t11-,12?,13?,15?,16?,17?,18?,22?/m1/s1. The SMILES string of the molecule is NC(=O)c1ccc[n+](C2C[C@H](COP(=O)(O)OP(=O)(O)OCC3OC(n4cnc5c(N)ncnc54)C(O)C3O)C(O)C2O)c1. The molecule has 10 N–H and O–H groups in total. The second kappa shape index (κ2) is 12.4. The molecule has 0 radical (unpaired) electrons. The van der Waals surface area contributed by atoms with Crippen LogP contribution in [-0.2, 0) is 27.2 Å². The number of carbonyl (C=O) groups is 1. The Morgan fingerprint density at radius 1 is 1.05 bits per heavy atom. The molecule has 3 aromatic rings. The monoisotopic (exact) mass is 662 g/mol. The summed E-state index contributed by atoms with van der Waals surface area (Å²) >= 11 is 0. The number of phosphoric acid groups is 2. The van der Waals surface area contributed by atoms with Crippen LogP contribution in [0.25, 0.3) is 11.2 Å². The van der Waals surface area contributed by atoms with Gasteiger partial charge in [0.15, 0.2) is 36.1 Å². The van der Waals surface area contributed by atoms with Crippen LogP contribution in [-0.4, -0.2) is 99.4 Å². The Bertz CT molecular complexity index is 1630. The summed E-state index contributed by atoms with van der Waals surface area (Å²) in [5, 5.41) is 41.9. The zero-order valence-corrected chi connectivity index (χ0v) is 24.3. The van der Waals surface area contributed by atoms with Crippen molar-refractivity contribution < 1.29 is 66.8 Å². The van der Waals surface area contributed by atoms with E-state index in [-0.39, 0.29) is 29.0 Å². The Kier molecular flexibility index (Phi) is 9.16. The first-order chi connectivity index (χ1) is 20.7. The van der Waals surface area contributed by atoms with E-state index in [1.54, 1.807) is 0 Å². The van der Waals surface area contributed by atoms with Gasteiger partial charge in [0.1, 0.15) is 41.8 Å². The van der Waals surface area contributed by atoms with Crippen LogP contribution in [0.5, 0.6) is 0 Å². The van der Waals surface area contributed by atoms with E-state index in [9.17, 15) is 44.1 Å². The first kappa shape index (κ1) is 32.4. The number of anilines is 1. The van der Waals surface area contributed by atoms with E-state index < -0.39 is 83.5 Å². The second-order valence-corrected chi connectivity index (χ2v) is 13.2. The minimum atomic E-state index is -5.33. The lowest BCUT2D eigenvalue weighted by Gasteiger charge is -2.20. The maximum atomic E-state index is 12.5. The molecule has 1 aliphatic heterocycles. The summed E-state index contributed by atoms with van der Waals surface area (Å²) in [5.74, 6) is -1.58. The number of phosphoric ester groups is 2.